The highest BCUT2D eigenvalue weighted by atomic mass is 19.3. The van der Waals surface area contributed by atoms with Gasteiger partial charge in [0.05, 0.1) is 20.2 Å². The predicted octanol–water partition coefficient (Wildman–Crippen LogP) is 3.53. The summed E-state index contributed by atoms with van der Waals surface area (Å²) in [6, 6.07) is 11.9. The van der Waals surface area contributed by atoms with Crippen LogP contribution in [0.25, 0.3) is 10.8 Å². The molecule has 0 atom stereocenters. The molecule has 0 bridgehead atoms. The number of rotatable bonds is 8. The minimum atomic E-state index is -2.65. The molecule has 0 saturated carbocycles. The summed E-state index contributed by atoms with van der Waals surface area (Å²) in [5.74, 6) is 0.924. The monoisotopic (exact) mass is 402 g/mol. The van der Waals surface area contributed by atoms with Crippen LogP contribution in [-0.4, -0.2) is 53.0 Å². The lowest BCUT2D eigenvalue weighted by atomic mass is 10.1. The average Bonchev–Trinajstić information content (AvgIpc) is 3.15. The molecule has 0 N–H and O–H groups in total. The first-order valence-electron chi connectivity index (χ1n) is 9.16. The highest BCUT2D eigenvalue weighted by Crippen LogP contribution is 2.22. The zero-order valence-electron chi connectivity index (χ0n) is 16.7. The molecule has 154 valence electrons. The number of nitrogens with zero attached hydrogens (tertiary/aromatic N) is 4. The van der Waals surface area contributed by atoms with Crippen LogP contribution in [0.5, 0.6) is 5.75 Å². The number of alkyl halides is 2. The molecule has 0 aliphatic carbocycles. The van der Waals surface area contributed by atoms with Gasteiger partial charge in [0.1, 0.15) is 11.6 Å². The lowest BCUT2D eigenvalue weighted by Crippen LogP contribution is -2.36. The molecule has 1 amide bonds. The molecule has 0 fully saturated rings. The number of halogens is 2. The van der Waals surface area contributed by atoms with Crippen LogP contribution in [0.3, 0.4) is 0 Å². The molecule has 1 heterocycles. The van der Waals surface area contributed by atoms with Gasteiger partial charge in [0.2, 0.25) is 5.91 Å². The van der Waals surface area contributed by atoms with Crippen molar-refractivity contribution in [2.75, 3.05) is 27.7 Å². The second-order valence-corrected chi connectivity index (χ2v) is 7.00. The van der Waals surface area contributed by atoms with E-state index in [4.69, 9.17) is 4.74 Å². The summed E-state index contributed by atoms with van der Waals surface area (Å²) in [4.78, 5) is 19.8. The normalized spacial score (nSPS) is 11.4. The molecule has 0 saturated heterocycles. The van der Waals surface area contributed by atoms with Crippen molar-refractivity contribution in [2.24, 2.45) is 0 Å². The zero-order chi connectivity index (χ0) is 21.0. The maximum atomic E-state index is 12.9. The number of hydrogen-bond donors (Lipinski definition) is 0. The Hall–Kier alpha value is -3.00. The Morgan fingerprint density at radius 2 is 1.86 bits per heavy atom. The van der Waals surface area contributed by atoms with Gasteiger partial charge in [-0.1, -0.05) is 18.2 Å². The molecule has 3 aromatic rings. The summed E-state index contributed by atoms with van der Waals surface area (Å²) >= 11 is 0. The fraction of sp³-hybridized carbons (Fsp3) is 0.333. The van der Waals surface area contributed by atoms with Crippen molar-refractivity contribution in [3.63, 3.8) is 0 Å². The van der Waals surface area contributed by atoms with E-state index in [0.717, 1.165) is 26.7 Å². The topological polar surface area (TPSA) is 50.6 Å². The number of carbonyl (C=O) groups excluding carboxylic acids is 1. The van der Waals surface area contributed by atoms with Crippen molar-refractivity contribution in [3.05, 3.63) is 60.2 Å². The minimum Gasteiger partial charge on any atom is -0.497 e. The molecule has 0 spiro atoms. The van der Waals surface area contributed by atoms with Gasteiger partial charge in [-0.2, -0.15) is 8.78 Å². The lowest BCUT2D eigenvalue weighted by Gasteiger charge is -2.22. The third-order valence-corrected chi connectivity index (χ3v) is 4.73. The predicted molar refractivity (Wildman–Crippen MR) is 107 cm³/mol. The molecule has 1 aromatic heterocycles. The molecule has 3 rings (SSSR count). The van der Waals surface area contributed by atoms with Crippen LogP contribution in [0.2, 0.25) is 0 Å². The van der Waals surface area contributed by atoms with Crippen molar-refractivity contribution >= 4 is 16.7 Å². The molecule has 6 nitrogen and oxygen atoms in total. The fourth-order valence-electron chi connectivity index (χ4n) is 3.15. The van der Waals surface area contributed by atoms with Gasteiger partial charge in [-0.05, 0) is 41.6 Å². The van der Waals surface area contributed by atoms with E-state index in [0.29, 0.717) is 6.54 Å². The Morgan fingerprint density at radius 1 is 1.14 bits per heavy atom. The number of carbonyl (C=O) groups is 1. The van der Waals surface area contributed by atoms with E-state index in [1.54, 1.807) is 31.0 Å². The number of methoxy groups -OCH3 is 1. The van der Waals surface area contributed by atoms with Crippen molar-refractivity contribution in [1.82, 2.24) is 19.4 Å². The number of ether oxygens (including phenoxy) is 1. The largest absolute Gasteiger partial charge is 0.497 e. The molecule has 2 aromatic carbocycles. The van der Waals surface area contributed by atoms with Crippen LogP contribution in [-0.2, 0) is 17.9 Å². The molecular formula is C21H24F2N4O2. The standard InChI is InChI=1S/C21H24F2N4O2/c1-25(13-19-24-8-9-27(19)21(22)23)14-20(28)26(2)12-15-4-5-17-11-18(29-3)7-6-16(17)10-15/h4-11,21H,12-14H2,1-3H3. The SMILES string of the molecule is COc1ccc2cc(CN(C)C(=O)CN(C)Cc3nccn3C(F)F)ccc2c1. The van der Waals surface area contributed by atoms with Gasteiger partial charge in [0, 0.05) is 26.0 Å². The number of aromatic nitrogens is 2. The molecule has 8 heteroatoms. The number of likely N-dealkylation sites (N-methyl/N-ethyl adjacent to an activating group) is 2. The van der Waals surface area contributed by atoms with Crippen LogP contribution in [0.1, 0.15) is 17.9 Å². The first-order valence-corrected chi connectivity index (χ1v) is 9.16. The van der Waals surface area contributed by atoms with Gasteiger partial charge in [-0.25, -0.2) is 4.98 Å². The summed E-state index contributed by atoms with van der Waals surface area (Å²) in [6.07, 6.45) is 2.57. The Labute approximate surface area is 168 Å². The quantitative estimate of drug-likeness (QED) is 0.578. The van der Waals surface area contributed by atoms with Crippen LogP contribution < -0.4 is 4.74 Å². The number of hydrogen-bond acceptors (Lipinski definition) is 4. The lowest BCUT2D eigenvalue weighted by molar-refractivity contribution is -0.131. The summed E-state index contributed by atoms with van der Waals surface area (Å²) in [6.45, 7) is -1.92. The van der Waals surface area contributed by atoms with E-state index in [-0.39, 0.29) is 24.8 Å². The van der Waals surface area contributed by atoms with Crippen molar-refractivity contribution in [3.8, 4) is 5.75 Å². The summed E-state index contributed by atoms with van der Waals surface area (Å²) in [7, 11) is 5.07. The average molecular weight is 402 g/mol. The van der Waals surface area contributed by atoms with Crippen LogP contribution >= 0.6 is 0 Å². The van der Waals surface area contributed by atoms with Crippen molar-refractivity contribution in [1.29, 1.82) is 0 Å². The van der Waals surface area contributed by atoms with Gasteiger partial charge >= 0.3 is 6.55 Å². The second-order valence-electron chi connectivity index (χ2n) is 7.00. The summed E-state index contributed by atoms with van der Waals surface area (Å²) in [5, 5.41) is 2.14. The highest BCUT2D eigenvalue weighted by molar-refractivity contribution is 5.84. The molecule has 0 radical (unpaired) electrons. The Bertz CT molecular complexity index is 990. The van der Waals surface area contributed by atoms with Gasteiger partial charge in [0.25, 0.3) is 0 Å². The van der Waals surface area contributed by atoms with E-state index in [1.807, 2.05) is 36.4 Å². The molecule has 0 unspecified atom stereocenters. The summed E-state index contributed by atoms with van der Waals surface area (Å²) < 4.78 is 31.9. The van der Waals surface area contributed by atoms with E-state index in [9.17, 15) is 13.6 Å². The summed E-state index contributed by atoms with van der Waals surface area (Å²) in [5.41, 5.74) is 1.01. The third kappa shape index (κ3) is 5.08. The Kier molecular flexibility index (Phi) is 6.43. The fourth-order valence-corrected chi connectivity index (χ4v) is 3.15. The first kappa shape index (κ1) is 20.7. The Morgan fingerprint density at radius 3 is 2.59 bits per heavy atom. The van der Waals surface area contributed by atoms with Gasteiger partial charge in [-0.15, -0.1) is 0 Å². The maximum Gasteiger partial charge on any atom is 0.319 e. The number of fused-ring (bicyclic) bond motifs is 1. The van der Waals surface area contributed by atoms with Crippen LogP contribution in [0.15, 0.2) is 48.8 Å². The molecule has 0 aliphatic heterocycles. The highest BCUT2D eigenvalue weighted by Gasteiger charge is 2.16. The first-order chi connectivity index (χ1) is 13.9. The van der Waals surface area contributed by atoms with Gasteiger partial charge in [0.15, 0.2) is 0 Å². The zero-order valence-corrected chi connectivity index (χ0v) is 16.7. The molecule has 0 aliphatic rings. The van der Waals surface area contributed by atoms with Gasteiger partial charge in [-0.3, -0.25) is 14.3 Å². The van der Waals surface area contributed by atoms with E-state index in [2.05, 4.69) is 4.98 Å². The maximum absolute atomic E-state index is 12.9. The van der Waals surface area contributed by atoms with E-state index < -0.39 is 6.55 Å². The minimum absolute atomic E-state index is 0.0996. The Balaban J connectivity index is 1.59. The van der Waals surface area contributed by atoms with Crippen molar-refractivity contribution in [2.45, 2.75) is 19.6 Å². The van der Waals surface area contributed by atoms with Crippen molar-refractivity contribution < 1.29 is 18.3 Å². The van der Waals surface area contributed by atoms with Gasteiger partial charge < -0.3 is 9.64 Å². The van der Waals surface area contributed by atoms with Crippen LogP contribution in [0, 0.1) is 0 Å². The van der Waals surface area contributed by atoms with Crippen LogP contribution in [0.4, 0.5) is 8.78 Å². The van der Waals surface area contributed by atoms with E-state index >= 15 is 0 Å². The smallest absolute Gasteiger partial charge is 0.319 e. The second kappa shape index (κ2) is 9.00. The number of imidazole rings is 1. The number of amides is 1. The number of benzene rings is 2. The molecular weight excluding hydrogens is 378 g/mol. The molecule has 29 heavy (non-hydrogen) atoms. The van der Waals surface area contributed by atoms with E-state index in [1.165, 1.54) is 12.4 Å². The third-order valence-electron chi connectivity index (χ3n) is 4.73.